The Bertz CT molecular complexity index is 1060. The minimum atomic E-state index is -0.268. The van der Waals surface area contributed by atoms with Gasteiger partial charge in [0.15, 0.2) is 0 Å². The monoisotopic (exact) mass is 400 g/mol. The zero-order valence-corrected chi connectivity index (χ0v) is 17.0. The molecule has 3 rings (SSSR count). The Balaban J connectivity index is 1.70. The lowest BCUT2D eigenvalue weighted by atomic mass is 10.1. The van der Waals surface area contributed by atoms with Gasteiger partial charge in [0, 0.05) is 28.6 Å². The number of hydrogen-bond acceptors (Lipinski definition) is 3. The second kappa shape index (κ2) is 10.1. The Morgan fingerprint density at radius 1 is 0.867 bits per heavy atom. The molecule has 2 amide bonds. The Kier molecular flexibility index (Phi) is 7.00. The summed E-state index contributed by atoms with van der Waals surface area (Å²) in [4.78, 5) is 24.9. The number of carbonyl (C=O) groups is 2. The number of nitrogens with one attached hydrogen (secondary N) is 2. The van der Waals surface area contributed by atoms with Crippen LogP contribution in [0.4, 0.5) is 11.4 Å². The maximum Gasteiger partial charge on any atom is 0.255 e. The largest absolute Gasteiger partial charge is 0.493 e. The molecule has 5 nitrogen and oxygen atoms in total. The first-order valence-electron chi connectivity index (χ1n) is 9.75. The van der Waals surface area contributed by atoms with Gasteiger partial charge in [-0.1, -0.05) is 42.5 Å². The van der Waals surface area contributed by atoms with Gasteiger partial charge in [0.25, 0.3) is 5.91 Å². The van der Waals surface area contributed by atoms with Crippen LogP contribution >= 0.6 is 0 Å². The summed E-state index contributed by atoms with van der Waals surface area (Å²) in [7, 11) is 0. The van der Waals surface area contributed by atoms with Crippen LogP contribution in [0.25, 0.3) is 6.08 Å². The minimum Gasteiger partial charge on any atom is -0.493 e. The van der Waals surface area contributed by atoms with Crippen LogP contribution in [-0.4, -0.2) is 18.4 Å². The van der Waals surface area contributed by atoms with Crippen molar-refractivity contribution in [3.8, 4) is 5.75 Å². The summed E-state index contributed by atoms with van der Waals surface area (Å²) >= 11 is 0. The maximum atomic E-state index is 12.4. The Morgan fingerprint density at radius 3 is 2.27 bits per heavy atom. The van der Waals surface area contributed by atoms with Crippen molar-refractivity contribution in [3.05, 3.63) is 95.6 Å². The fourth-order valence-electron chi connectivity index (χ4n) is 2.94. The van der Waals surface area contributed by atoms with E-state index in [9.17, 15) is 9.59 Å². The van der Waals surface area contributed by atoms with Gasteiger partial charge in [0.1, 0.15) is 5.75 Å². The van der Waals surface area contributed by atoms with Crippen molar-refractivity contribution < 1.29 is 14.3 Å². The molecule has 2 N–H and O–H groups in total. The third-order valence-corrected chi connectivity index (χ3v) is 4.51. The standard InChI is InChI=1S/C25H24N2O3/c1-3-30-23-15-8-7-10-19(23)16-17-24(28)26-21-13-9-14-22(18(21)2)27-25(29)20-11-5-4-6-12-20/h4-17H,3H2,1-2H3,(H,26,28)(H,27,29)/b17-16+. The maximum absolute atomic E-state index is 12.4. The summed E-state index contributed by atoms with van der Waals surface area (Å²) < 4.78 is 5.57. The van der Waals surface area contributed by atoms with Gasteiger partial charge >= 0.3 is 0 Å². The van der Waals surface area contributed by atoms with Crippen LogP contribution in [0.1, 0.15) is 28.4 Å². The van der Waals surface area contributed by atoms with Crippen LogP contribution in [0.2, 0.25) is 0 Å². The van der Waals surface area contributed by atoms with Crippen molar-refractivity contribution in [2.75, 3.05) is 17.2 Å². The average molecular weight is 400 g/mol. The number of carbonyl (C=O) groups excluding carboxylic acids is 2. The van der Waals surface area contributed by atoms with Gasteiger partial charge in [-0.05, 0) is 55.8 Å². The zero-order chi connectivity index (χ0) is 21.3. The molecule has 0 aliphatic carbocycles. The average Bonchev–Trinajstić information content (AvgIpc) is 2.76. The van der Waals surface area contributed by atoms with Gasteiger partial charge in [0.2, 0.25) is 5.91 Å². The topological polar surface area (TPSA) is 67.4 Å². The lowest BCUT2D eigenvalue weighted by Gasteiger charge is -2.13. The van der Waals surface area contributed by atoms with Gasteiger partial charge in [0.05, 0.1) is 6.61 Å². The highest BCUT2D eigenvalue weighted by atomic mass is 16.5. The molecule has 30 heavy (non-hydrogen) atoms. The van der Waals surface area contributed by atoms with Gasteiger partial charge < -0.3 is 15.4 Å². The molecule has 0 saturated heterocycles. The predicted molar refractivity (Wildman–Crippen MR) is 121 cm³/mol. The quantitative estimate of drug-likeness (QED) is 0.529. The van der Waals surface area contributed by atoms with Crippen LogP contribution in [0.15, 0.2) is 78.9 Å². The molecule has 0 bridgehead atoms. The highest BCUT2D eigenvalue weighted by molar-refractivity contribution is 6.06. The molecule has 0 aromatic heterocycles. The van der Waals surface area contributed by atoms with Crippen molar-refractivity contribution >= 4 is 29.3 Å². The first kappa shape index (κ1) is 20.9. The van der Waals surface area contributed by atoms with E-state index in [-0.39, 0.29) is 11.8 Å². The molecule has 0 saturated carbocycles. The van der Waals surface area contributed by atoms with E-state index in [0.717, 1.165) is 16.9 Å². The van der Waals surface area contributed by atoms with Crippen LogP contribution in [0.3, 0.4) is 0 Å². The zero-order valence-electron chi connectivity index (χ0n) is 17.0. The summed E-state index contributed by atoms with van der Waals surface area (Å²) in [6.07, 6.45) is 3.18. The second-order valence-corrected chi connectivity index (χ2v) is 6.59. The molecule has 0 aliphatic rings. The number of rotatable bonds is 7. The molecule has 3 aromatic carbocycles. The summed E-state index contributed by atoms with van der Waals surface area (Å²) in [6.45, 7) is 4.32. The Labute approximate surface area is 176 Å². The number of para-hydroxylation sites is 1. The minimum absolute atomic E-state index is 0.199. The third kappa shape index (κ3) is 5.35. The first-order valence-corrected chi connectivity index (χ1v) is 9.75. The summed E-state index contributed by atoms with van der Waals surface area (Å²) in [6, 6.07) is 21.9. The molecule has 5 heteroatoms. The van der Waals surface area contributed by atoms with E-state index in [1.165, 1.54) is 6.08 Å². The molecule has 0 heterocycles. The molecule has 0 radical (unpaired) electrons. The Morgan fingerprint density at radius 2 is 1.53 bits per heavy atom. The van der Waals surface area contributed by atoms with E-state index in [1.807, 2.05) is 56.3 Å². The molecule has 0 atom stereocenters. The molecular formula is C25H24N2O3. The summed E-state index contributed by atoms with van der Waals surface area (Å²) in [5, 5.41) is 5.76. The SMILES string of the molecule is CCOc1ccccc1/C=C/C(=O)Nc1cccc(NC(=O)c2ccccc2)c1C. The van der Waals surface area contributed by atoms with Crippen LogP contribution in [-0.2, 0) is 4.79 Å². The van der Waals surface area contributed by atoms with Crippen molar-refractivity contribution in [1.82, 2.24) is 0 Å². The van der Waals surface area contributed by atoms with E-state index in [4.69, 9.17) is 4.74 Å². The van der Waals surface area contributed by atoms with Crippen molar-refractivity contribution in [3.63, 3.8) is 0 Å². The molecule has 3 aromatic rings. The number of anilines is 2. The molecule has 152 valence electrons. The van der Waals surface area contributed by atoms with Gasteiger partial charge in [-0.3, -0.25) is 9.59 Å². The lowest BCUT2D eigenvalue weighted by molar-refractivity contribution is -0.111. The number of hydrogen-bond donors (Lipinski definition) is 2. The van der Waals surface area contributed by atoms with E-state index >= 15 is 0 Å². The number of benzene rings is 3. The van der Waals surface area contributed by atoms with Crippen molar-refractivity contribution in [2.24, 2.45) is 0 Å². The Hall–Kier alpha value is -3.86. The van der Waals surface area contributed by atoms with Crippen LogP contribution in [0, 0.1) is 6.92 Å². The number of amides is 2. The van der Waals surface area contributed by atoms with E-state index < -0.39 is 0 Å². The third-order valence-electron chi connectivity index (χ3n) is 4.51. The fraction of sp³-hybridized carbons (Fsp3) is 0.120. The number of ether oxygens (including phenoxy) is 1. The van der Waals surface area contributed by atoms with E-state index in [0.29, 0.717) is 23.5 Å². The fourth-order valence-corrected chi connectivity index (χ4v) is 2.94. The van der Waals surface area contributed by atoms with E-state index in [2.05, 4.69) is 10.6 Å². The summed E-state index contributed by atoms with van der Waals surface area (Å²) in [5.41, 5.74) is 3.46. The van der Waals surface area contributed by atoms with Crippen LogP contribution < -0.4 is 15.4 Å². The predicted octanol–water partition coefficient (Wildman–Crippen LogP) is 5.30. The molecule has 0 fully saturated rings. The molecule has 0 aliphatic heterocycles. The normalized spacial score (nSPS) is 10.6. The summed E-state index contributed by atoms with van der Waals surface area (Å²) in [5.74, 6) is 0.261. The van der Waals surface area contributed by atoms with E-state index in [1.54, 1.807) is 36.4 Å². The second-order valence-electron chi connectivity index (χ2n) is 6.59. The highest BCUT2D eigenvalue weighted by Crippen LogP contribution is 2.24. The lowest BCUT2D eigenvalue weighted by Crippen LogP contribution is -2.14. The van der Waals surface area contributed by atoms with Gasteiger partial charge in [-0.2, -0.15) is 0 Å². The van der Waals surface area contributed by atoms with Gasteiger partial charge in [-0.25, -0.2) is 0 Å². The smallest absolute Gasteiger partial charge is 0.255 e. The molecular weight excluding hydrogens is 376 g/mol. The molecule has 0 unspecified atom stereocenters. The van der Waals surface area contributed by atoms with Gasteiger partial charge in [-0.15, -0.1) is 0 Å². The first-order chi connectivity index (χ1) is 14.6. The van der Waals surface area contributed by atoms with Crippen LogP contribution in [0.5, 0.6) is 5.75 Å². The molecule has 0 spiro atoms. The van der Waals surface area contributed by atoms with Crippen molar-refractivity contribution in [2.45, 2.75) is 13.8 Å². The van der Waals surface area contributed by atoms with Crippen molar-refractivity contribution in [1.29, 1.82) is 0 Å². The highest BCUT2D eigenvalue weighted by Gasteiger charge is 2.10.